The first kappa shape index (κ1) is 14.9. The molecule has 0 atom stereocenters. The zero-order valence-corrected chi connectivity index (χ0v) is 13.8. The summed E-state index contributed by atoms with van der Waals surface area (Å²) in [5.74, 6) is -0.814. The van der Waals surface area contributed by atoms with Crippen LogP contribution in [-0.4, -0.2) is 24.0 Å². The first-order valence-corrected chi connectivity index (χ1v) is 8.79. The third-order valence-corrected chi connectivity index (χ3v) is 5.53. The van der Waals surface area contributed by atoms with Crippen molar-refractivity contribution in [3.05, 3.63) is 44.9 Å². The predicted octanol–water partition coefficient (Wildman–Crippen LogP) is 3.97. The molecule has 8 heteroatoms. The van der Waals surface area contributed by atoms with Gasteiger partial charge in [-0.05, 0) is 22.9 Å². The van der Waals surface area contributed by atoms with Gasteiger partial charge in [0.05, 0.1) is 17.7 Å². The van der Waals surface area contributed by atoms with E-state index in [1.807, 2.05) is 17.5 Å². The first-order valence-electron chi connectivity index (χ1n) is 6.15. The standard InChI is InChI=1S/C14H10N2O3S3/c1-19-14(18)11-8(4-6-21-11)15-12(17)9-7-22-13(16-9)10-3-2-5-20-10/h2-7H,1H3,(H,15,17). The Morgan fingerprint density at radius 1 is 1.18 bits per heavy atom. The van der Waals surface area contributed by atoms with Crippen molar-refractivity contribution in [2.24, 2.45) is 0 Å². The molecule has 0 unspecified atom stereocenters. The second kappa shape index (κ2) is 6.39. The van der Waals surface area contributed by atoms with Gasteiger partial charge in [-0.25, -0.2) is 9.78 Å². The number of esters is 1. The summed E-state index contributed by atoms with van der Waals surface area (Å²) in [6.45, 7) is 0. The maximum absolute atomic E-state index is 12.2. The number of nitrogens with one attached hydrogen (secondary N) is 1. The summed E-state index contributed by atoms with van der Waals surface area (Å²) in [6, 6.07) is 5.57. The Morgan fingerprint density at radius 3 is 2.77 bits per heavy atom. The minimum atomic E-state index is -0.470. The second-order valence-corrected chi connectivity index (χ2v) is 6.85. The minimum absolute atomic E-state index is 0.329. The molecule has 22 heavy (non-hydrogen) atoms. The molecular weight excluding hydrogens is 340 g/mol. The van der Waals surface area contributed by atoms with E-state index in [1.165, 1.54) is 29.8 Å². The van der Waals surface area contributed by atoms with E-state index in [4.69, 9.17) is 0 Å². The van der Waals surface area contributed by atoms with Crippen molar-refractivity contribution in [2.45, 2.75) is 0 Å². The van der Waals surface area contributed by atoms with Gasteiger partial charge >= 0.3 is 5.97 Å². The highest BCUT2D eigenvalue weighted by Gasteiger charge is 2.18. The molecule has 0 radical (unpaired) electrons. The van der Waals surface area contributed by atoms with Gasteiger partial charge in [-0.1, -0.05) is 6.07 Å². The highest BCUT2D eigenvalue weighted by molar-refractivity contribution is 7.20. The average molecular weight is 350 g/mol. The molecule has 1 amide bonds. The van der Waals surface area contributed by atoms with Crippen LogP contribution in [0.25, 0.3) is 9.88 Å². The van der Waals surface area contributed by atoms with Crippen LogP contribution in [-0.2, 0) is 4.74 Å². The lowest BCUT2D eigenvalue weighted by Crippen LogP contribution is -2.14. The topological polar surface area (TPSA) is 68.3 Å². The van der Waals surface area contributed by atoms with E-state index in [0.717, 1.165) is 9.88 Å². The minimum Gasteiger partial charge on any atom is -0.465 e. The van der Waals surface area contributed by atoms with Gasteiger partial charge in [0.1, 0.15) is 15.6 Å². The highest BCUT2D eigenvalue weighted by atomic mass is 32.1. The van der Waals surface area contributed by atoms with E-state index in [-0.39, 0.29) is 5.91 Å². The lowest BCUT2D eigenvalue weighted by molar-refractivity contribution is 0.0607. The van der Waals surface area contributed by atoms with Crippen LogP contribution >= 0.6 is 34.0 Å². The molecule has 0 saturated carbocycles. The number of carbonyl (C=O) groups is 2. The SMILES string of the molecule is COC(=O)c1sccc1NC(=O)c1csc(-c2cccs2)n1. The van der Waals surface area contributed by atoms with Crippen LogP contribution in [0.15, 0.2) is 34.3 Å². The molecule has 0 spiro atoms. The largest absolute Gasteiger partial charge is 0.465 e. The Labute approximate surface area is 138 Å². The Hall–Kier alpha value is -2.03. The summed E-state index contributed by atoms with van der Waals surface area (Å²) < 4.78 is 4.68. The fourth-order valence-corrected chi connectivity index (χ4v) is 4.12. The molecule has 1 N–H and O–H groups in total. The van der Waals surface area contributed by atoms with Crippen molar-refractivity contribution in [2.75, 3.05) is 12.4 Å². The Bertz CT molecular complexity index is 805. The van der Waals surface area contributed by atoms with Crippen molar-refractivity contribution >= 4 is 51.6 Å². The number of anilines is 1. The summed E-state index contributed by atoms with van der Waals surface area (Å²) in [7, 11) is 1.31. The number of amides is 1. The Morgan fingerprint density at radius 2 is 2.05 bits per heavy atom. The summed E-state index contributed by atoms with van der Waals surface area (Å²) in [6.07, 6.45) is 0. The summed E-state index contributed by atoms with van der Waals surface area (Å²) in [5.41, 5.74) is 0.767. The van der Waals surface area contributed by atoms with Crippen LogP contribution in [0.1, 0.15) is 20.2 Å². The smallest absolute Gasteiger partial charge is 0.350 e. The molecule has 0 aromatic carbocycles. The number of aromatic nitrogens is 1. The van der Waals surface area contributed by atoms with Crippen molar-refractivity contribution in [3.8, 4) is 9.88 Å². The number of thiazole rings is 1. The Kier molecular flexibility index (Phi) is 4.32. The van der Waals surface area contributed by atoms with E-state index in [9.17, 15) is 9.59 Å². The number of hydrogen-bond donors (Lipinski definition) is 1. The number of carbonyl (C=O) groups excluding carboxylic acids is 2. The number of thiophene rings is 2. The number of ether oxygens (including phenoxy) is 1. The van der Waals surface area contributed by atoms with Gasteiger partial charge in [0.25, 0.3) is 5.91 Å². The maximum Gasteiger partial charge on any atom is 0.350 e. The molecule has 0 bridgehead atoms. The quantitative estimate of drug-likeness (QED) is 0.723. The molecule has 5 nitrogen and oxygen atoms in total. The Balaban J connectivity index is 1.78. The van der Waals surface area contributed by atoms with Gasteiger partial charge in [-0.15, -0.1) is 34.0 Å². The first-order chi connectivity index (χ1) is 10.7. The molecule has 3 aromatic heterocycles. The number of rotatable bonds is 4. The number of nitrogens with zero attached hydrogens (tertiary/aromatic N) is 1. The van der Waals surface area contributed by atoms with Crippen LogP contribution in [0.3, 0.4) is 0 Å². The average Bonchev–Trinajstić information content (AvgIpc) is 3.25. The molecule has 3 aromatic rings. The molecule has 0 aliphatic rings. The molecule has 0 fully saturated rings. The second-order valence-electron chi connectivity index (χ2n) is 4.12. The zero-order valence-electron chi connectivity index (χ0n) is 11.4. The van der Waals surface area contributed by atoms with Crippen LogP contribution in [0, 0.1) is 0 Å². The zero-order chi connectivity index (χ0) is 15.5. The van der Waals surface area contributed by atoms with Gasteiger partial charge in [0.2, 0.25) is 0 Å². The summed E-state index contributed by atoms with van der Waals surface area (Å²) in [5, 5.41) is 8.89. The monoisotopic (exact) mass is 350 g/mol. The van der Waals surface area contributed by atoms with Crippen molar-refractivity contribution < 1.29 is 14.3 Å². The number of hydrogen-bond acceptors (Lipinski definition) is 7. The molecule has 0 aliphatic heterocycles. The summed E-state index contributed by atoms with van der Waals surface area (Å²) >= 11 is 4.20. The highest BCUT2D eigenvalue weighted by Crippen LogP contribution is 2.28. The lowest BCUT2D eigenvalue weighted by Gasteiger charge is -2.03. The van der Waals surface area contributed by atoms with Crippen LogP contribution in [0.2, 0.25) is 0 Å². The van der Waals surface area contributed by atoms with Crippen molar-refractivity contribution in [1.29, 1.82) is 0 Å². The van der Waals surface area contributed by atoms with Crippen LogP contribution in [0.4, 0.5) is 5.69 Å². The van der Waals surface area contributed by atoms with E-state index < -0.39 is 5.97 Å². The maximum atomic E-state index is 12.2. The fourth-order valence-electron chi connectivity index (χ4n) is 1.74. The lowest BCUT2D eigenvalue weighted by atomic mass is 10.3. The van der Waals surface area contributed by atoms with Crippen LogP contribution in [0.5, 0.6) is 0 Å². The normalized spacial score (nSPS) is 10.4. The summed E-state index contributed by atoms with van der Waals surface area (Å²) in [4.78, 5) is 29.6. The van der Waals surface area contributed by atoms with Gasteiger partial charge in [-0.2, -0.15) is 0 Å². The van der Waals surface area contributed by atoms with Crippen LogP contribution < -0.4 is 5.32 Å². The van der Waals surface area contributed by atoms with E-state index in [0.29, 0.717) is 16.3 Å². The van der Waals surface area contributed by atoms with Gasteiger partial charge in [0.15, 0.2) is 0 Å². The third-order valence-electron chi connectivity index (χ3n) is 2.75. The molecule has 112 valence electrons. The van der Waals surface area contributed by atoms with Gasteiger partial charge in [0, 0.05) is 5.38 Å². The molecule has 0 saturated heterocycles. The molecular formula is C14H10N2O3S3. The van der Waals surface area contributed by atoms with E-state index >= 15 is 0 Å². The molecule has 3 rings (SSSR count). The van der Waals surface area contributed by atoms with Crippen molar-refractivity contribution in [1.82, 2.24) is 4.98 Å². The van der Waals surface area contributed by atoms with Gasteiger partial charge < -0.3 is 10.1 Å². The predicted molar refractivity (Wildman–Crippen MR) is 89.0 cm³/mol. The number of methoxy groups -OCH3 is 1. The third kappa shape index (κ3) is 2.94. The van der Waals surface area contributed by atoms with E-state index in [2.05, 4.69) is 15.0 Å². The molecule has 0 aliphatic carbocycles. The van der Waals surface area contributed by atoms with Crippen molar-refractivity contribution in [3.63, 3.8) is 0 Å². The fraction of sp³-hybridized carbons (Fsp3) is 0.0714. The molecule has 3 heterocycles. The van der Waals surface area contributed by atoms with E-state index in [1.54, 1.807) is 28.2 Å². The van der Waals surface area contributed by atoms with Gasteiger partial charge in [-0.3, -0.25) is 4.79 Å².